The highest BCUT2D eigenvalue weighted by Gasteiger charge is 2.12. The summed E-state index contributed by atoms with van der Waals surface area (Å²) in [5.41, 5.74) is 0.505. The van der Waals surface area contributed by atoms with E-state index in [9.17, 15) is 14.0 Å². The summed E-state index contributed by atoms with van der Waals surface area (Å²) in [4.78, 5) is 28.0. The molecule has 0 aliphatic carbocycles. The number of carbonyl (C=O) groups excluding carboxylic acids is 1. The molecule has 0 bridgehead atoms. The molecule has 0 aliphatic heterocycles. The van der Waals surface area contributed by atoms with Gasteiger partial charge in [0.25, 0.3) is 5.56 Å². The molecule has 0 unspecified atom stereocenters. The van der Waals surface area contributed by atoms with Gasteiger partial charge >= 0.3 is 0 Å². The van der Waals surface area contributed by atoms with Crippen molar-refractivity contribution in [2.45, 2.75) is 0 Å². The maximum Gasteiger partial charge on any atom is 0.266 e. The van der Waals surface area contributed by atoms with Crippen LogP contribution in [0, 0.1) is 9.39 Å². The molecule has 0 amide bonds. The molecule has 0 saturated heterocycles. The predicted octanol–water partition coefficient (Wildman–Crippen LogP) is 2.94. The fourth-order valence-electron chi connectivity index (χ4n) is 2.09. The highest BCUT2D eigenvalue weighted by atomic mass is 127. The van der Waals surface area contributed by atoms with E-state index in [-0.39, 0.29) is 11.4 Å². The Morgan fingerprint density at radius 1 is 1.14 bits per heavy atom. The Bertz CT molecular complexity index is 904. The number of aromatic nitrogens is 2. The van der Waals surface area contributed by atoms with Crippen LogP contribution in [-0.4, -0.2) is 15.8 Å². The van der Waals surface area contributed by atoms with Gasteiger partial charge in [0.15, 0.2) is 12.1 Å². The van der Waals surface area contributed by atoms with Crippen LogP contribution in [0.3, 0.4) is 0 Å². The number of carbonyl (C=O) groups is 1. The van der Waals surface area contributed by atoms with Gasteiger partial charge < -0.3 is 0 Å². The number of hydrogen-bond acceptors (Lipinski definition) is 3. The third-order valence-electron chi connectivity index (χ3n) is 3.05. The Labute approximate surface area is 132 Å². The first-order valence-corrected chi connectivity index (χ1v) is 7.11. The molecule has 4 nitrogen and oxygen atoms in total. The molecule has 0 atom stereocenters. The molecule has 0 N–H and O–H groups in total. The van der Waals surface area contributed by atoms with Gasteiger partial charge in [0.1, 0.15) is 5.82 Å². The number of aldehydes is 1. The van der Waals surface area contributed by atoms with Crippen LogP contribution >= 0.6 is 22.6 Å². The van der Waals surface area contributed by atoms with Gasteiger partial charge in [-0.05, 0) is 65.1 Å². The normalized spacial score (nSPS) is 10.8. The molecule has 0 fully saturated rings. The lowest BCUT2D eigenvalue weighted by Crippen LogP contribution is -2.23. The molecule has 3 rings (SSSR count). The van der Waals surface area contributed by atoms with E-state index in [2.05, 4.69) is 27.6 Å². The number of hydrogen-bond donors (Lipinski definition) is 0. The van der Waals surface area contributed by atoms with E-state index in [1.54, 1.807) is 12.1 Å². The second-order valence-electron chi connectivity index (χ2n) is 4.37. The molecule has 0 aliphatic rings. The summed E-state index contributed by atoms with van der Waals surface area (Å²) in [5.74, 6) is -0.428. The third-order valence-corrected chi connectivity index (χ3v) is 3.72. The second kappa shape index (κ2) is 5.36. The standard InChI is InChI=1S/C15H8FIN2O2/c16-9-1-4-11(5-2-9)19-14(8-20)18-13-6-3-10(17)7-12(13)15(19)21/h1-8H. The predicted molar refractivity (Wildman–Crippen MR) is 85.4 cm³/mol. The van der Waals surface area contributed by atoms with Gasteiger partial charge in [-0.1, -0.05) is 0 Å². The first kappa shape index (κ1) is 13.9. The van der Waals surface area contributed by atoms with Crippen molar-refractivity contribution in [1.29, 1.82) is 0 Å². The van der Waals surface area contributed by atoms with Gasteiger partial charge in [-0.15, -0.1) is 0 Å². The van der Waals surface area contributed by atoms with Gasteiger partial charge in [-0.3, -0.25) is 14.2 Å². The first-order chi connectivity index (χ1) is 10.1. The zero-order valence-corrected chi connectivity index (χ0v) is 12.7. The van der Waals surface area contributed by atoms with E-state index >= 15 is 0 Å². The molecule has 104 valence electrons. The van der Waals surface area contributed by atoms with E-state index < -0.39 is 5.82 Å². The Morgan fingerprint density at radius 3 is 2.52 bits per heavy atom. The van der Waals surface area contributed by atoms with Crippen molar-refractivity contribution >= 4 is 39.8 Å². The monoisotopic (exact) mass is 394 g/mol. The SMILES string of the molecule is O=Cc1nc2ccc(I)cc2c(=O)n1-c1ccc(F)cc1. The summed E-state index contributed by atoms with van der Waals surface area (Å²) < 4.78 is 15.1. The van der Waals surface area contributed by atoms with Gasteiger partial charge in [0, 0.05) is 3.57 Å². The minimum absolute atomic E-state index is 0.0136. The Hall–Kier alpha value is -2.09. The van der Waals surface area contributed by atoms with Crippen LogP contribution in [0.25, 0.3) is 16.6 Å². The van der Waals surface area contributed by atoms with Gasteiger partial charge in [-0.25, -0.2) is 9.37 Å². The second-order valence-corrected chi connectivity index (χ2v) is 5.61. The van der Waals surface area contributed by atoms with Crippen molar-refractivity contribution in [2.75, 3.05) is 0 Å². The first-order valence-electron chi connectivity index (χ1n) is 6.03. The number of nitrogens with zero attached hydrogens (tertiary/aromatic N) is 2. The third kappa shape index (κ3) is 2.46. The molecule has 1 heterocycles. The van der Waals surface area contributed by atoms with Crippen molar-refractivity contribution in [1.82, 2.24) is 9.55 Å². The van der Waals surface area contributed by atoms with E-state index in [0.29, 0.717) is 22.9 Å². The van der Waals surface area contributed by atoms with Crippen LogP contribution in [0.15, 0.2) is 47.3 Å². The van der Waals surface area contributed by atoms with Gasteiger partial charge in [0.05, 0.1) is 16.6 Å². The molecular weight excluding hydrogens is 386 g/mol. The molecule has 0 spiro atoms. The molecule has 21 heavy (non-hydrogen) atoms. The number of rotatable bonds is 2. The highest BCUT2D eigenvalue weighted by molar-refractivity contribution is 14.1. The minimum Gasteiger partial charge on any atom is -0.294 e. The summed E-state index contributed by atoms with van der Waals surface area (Å²) in [7, 11) is 0. The Kier molecular flexibility index (Phi) is 3.54. The summed E-state index contributed by atoms with van der Waals surface area (Å²) in [6.07, 6.45) is 0.516. The Morgan fingerprint density at radius 2 is 1.86 bits per heavy atom. The van der Waals surface area contributed by atoms with Gasteiger partial charge in [0.2, 0.25) is 0 Å². The smallest absolute Gasteiger partial charge is 0.266 e. The van der Waals surface area contributed by atoms with Gasteiger partial charge in [-0.2, -0.15) is 0 Å². The fraction of sp³-hybridized carbons (Fsp3) is 0. The summed E-state index contributed by atoms with van der Waals surface area (Å²) in [5, 5.41) is 0.414. The molecule has 0 saturated carbocycles. The zero-order chi connectivity index (χ0) is 15.0. The van der Waals surface area contributed by atoms with Crippen molar-refractivity contribution in [2.24, 2.45) is 0 Å². The quantitative estimate of drug-likeness (QED) is 0.496. The summed E-state index contributed by atoms with van der Waals surface area (Å²) >= 11 is 2.10. The lowest BCUT2D eigenvalue weighted by molar-refractivity contribution is 0.111. The average molecular weight is 394 g/mol. The van der Waals surface area contributed by atoms with E-state index in [4.69, 9.17) is 0 Å². The maximum absolute atomic E-state index is 13.0. The van der Waals surface area contributed by atoms with Crippen LogP contribution < -0.4 is 5.56 Å². The van der Waals surface area contributed by atoms with Crippen molar-refractivity contribution in [3.8, 4) is 5.69 Å². The molecule has 0 radical (unpaired) electrons. The summed E-state index contributed by atoms with van der Waals surface area (Å²) in [6.45, 7) is 0. The Balaban J connectivity index is 2.40. The van der Waals surface area contributed by atoms with Crippen LogP contribution in [0.5, 0.6) is 0 Å². The number of halogens is 2. The van der Waals surface area contributed by atoms with E-state index in [1.807, 2.05) is 6.07 Å². The maximum atomic E-state index is 13.0. The highest BCUT2D eigenvalue weighted by Crippen LogP contribution is 2.15. The van der Waals surface area contributed by atoms with Crippen LogP contribution in [0.2, 0.25) is 0 Å². The van der Waals surface area contributed by atoms with Crippen molar-refractivity contribution in [3.63, 3.8) is 0 Å². The topological polar surface area (TPSA) is 52.0 Å². The molecule has 1 aromatic heterocycles. The lowest BCUT2D eigenvalue weighted by Gasteiger charge is -2.10. The van der Waals surface area contributed by atoms with Crippen molar-refractivity contribution in [3.05, 3.63) is 68.0 Å². The molecule has 2 aromatic carbocycles. The largest absolute Gasteiger partial charge is 0.294 e. The zero-order valence-electron chi connectivity index (χ0n) is 10.6. The molecule has 6 heteroatoms. The minimum atomic E-state index is -0.414. The van der Waals surface area contributed by atoms with Crippen LogP contribution in [0.1, 0.15) is 10.6 Å². The van der Waals surface area contributed by atoms with Crippen LogP contribution in [-0.2, 0) is 0 Å². The molecular formula is C15H8FIN2O2. The van der Waals surface area contributed by atoms with E-state index in [0.717, 1.165) is 3.57 Å². The molecule has 3 aromatic rings. The van der Waals surface area contributed by atoms with E-state index in [1.165, 1.54) is 28.8 Å². The average Bonchev–Trinajstić information content (AvgIpc) is 2.49. The number of fused-ring (bicyclic) bond motifs is 1. The van der Waals surface area contributed by atoms with Crippen molar-refractivity contribution < 1.29 is 9.18 Å². The lowest BCUT2D eigenvalue weighted by atomic mass is 10.2. The fourth-order valence-corrected chi connectivity index (χ4v) is 2.58. The number of benzene rings is 2. The summed E-state index contributed by atoms with van der Waals surface area (Å²) in [6, 6.07) is 10.5. The van der Waals surface area contributed by atoms with Crippen LogP contribution in [0.4, 0.5) is 4.39 Å².